The van der Waals surface area contributed by atoms with Gasteiger partial charge in [-0.3, -0.25) is 14.5 Å². The molecule has 1 aromatic carbocycles. The molecule has 38 heavy (non-hydrogen) atoms. The first-order chi connectivity index (χ1) is 18.4. The normalized spacial score (nSPS) is 23.7. The molecule has 10 heteroatoms. The van der Waals surface area contributed by atoms with Gasteiger partial charge in [0.25, 0.3) is 5.91 Å². The average Bonchev–Trinajstić information content (AvgIpc) is 3.20. The quantitative estimate of drug-likeness (QED) is 0.414. The summed E-state index contributed by atoms with van der Waals surface area (Å²) in [5.74, 6) is 1.17. The lowest BCUT2D eigenvalue weighted by Crippen LogP contribution is -2.52. The third-order valence-electron chi connectivity index (χ3n) is 8.16. The van der Waals surface area contributed by atoms with Crippen LogP contribution in [0.15, 0.2) is 18.2 Å². The fourth-order valence-corrected chi connectivity index (χ4v) is 6.10. The van der Waals surface area contributed by atoms with E-state index in [2.05, 4.69) is 10.2 Å². The Bertz CT molecular complexity index is 986. The molecule has 3 saturated heterocycles. The number of piperidine rings is 2. The molecule has 0 radical (unpaired) electrons. The van der Waals surface area contributed by atoms with Gasteiger partial charge in [0.1, 0.15) is 6.04 Å². The smallest absolute Gasteiger partial charge is 0.324 e. The molecular formula is C28H42N4O6. The summed E-state index contributed by atoms with van der Waals surface area (Å²) in [5.41, 5.74) is 0.915. The number of fused-ring (bicyclic) bond motifs is 1. The Morgan fingerprint density at radius 2 is 1.84 bits per heavy atom. The van der Waals surface area contributed by atoms with Crippen molar-refractivity contribution >= 4 is 17.8 Å². The minimum atomic E-state index is -0.844. The maximum absolute atomic E-state index is 13.4. The zero-order valence-electron chi connectivity index (χ0n) is 22.9. The van der Waals surface area contributed by atoms with Gasteiger partial charge < -0.3 is 29.3 Å². The summed E-state index contributed by atoms with van der Waals surface area (Å²) < 4.78 is 15.9. The van der Waals surface area contributed by atoms with Crippen LogP contribution in [0.1, 0.15) is 44.1 Å². The Labute approximate surface area is 225 Å². The second-order valence-corrected chi connectivity index (χ2v) is 10.5. The van der Waals surface area contributed by atoms with Gasteiger partial charge in [0.05, 0.1) is 27.2 Å². The topological polar surface area (TPSA) is 101 Å². The zero-order valence-corrected chi connectivity index (χ0v) is 22.9. The molecule has 0 bridgehead atoms. The Morgan fingerprint density at radius 3 is 2.61 bits per heavy atom. The first-order valence-corrected chi connectivity index (χ1v) is 13.8. The number of nitrogens with zero attached hydrogens (tertiary/aromatic N) is 3. The van der Waals surface area contributed by atoms with Gasteiger partial charge in [-0.15, -0.1) is 0 Å². The van der Waals surface area contributed by atoms with Gasteiger partial charge in [0, 0.05) is 32.8 Å². The minimum Gasteiger partial charge on any atom is -0.493 e. The number of imide groups is 1. The van der Waals surface area contributed by atoms with Crippen LogP contribution in [0.3, 0.4) is 0 Å². The van der Waals surface area contributed by atoms with E-state index >= 15 is 0 Å². The van der Waals surface area contributed by atoms with E-state index in [-0.39, 0.29) is 24.8 Å². The number of hydrogen-bond acceptors (Lipinski definition) is 7. The maximum atomic E-state index is 13.4. The van der Waals surface area contributed by atoms with Gasteiger partial charge in [0.15, 0.2) is 11.5 Å². The molecule has 0 unspecified atom stereocenters. The summed E-state index contributed by atoms with van der Waals surface area (Å²) in [6, 6.07) is 4.74. The molecular weight excluding hydrogens is 488 g/mol. The predicted octanol–water partition coefficient (Wildman–Crippen LogP) is 2.30. The monoisotopic (exact) mass is 530 g/mol. The molecule has 1 aromatic rings. The third-order valence-corrected chi connectivity index (χ3v) is 8.16. The van der Waals surface area contributed by atoms with Crippen molar-refractivity contribution in [1.82, 2.24) is 20.0 Å². The molecule has 1 N–H and O–H groups in total. The highest BCUT2D eigenvalue weighted by atomic mass is 16.5. The van der Waals surface area contributed by atoms with Crippen LogP contribution in [0.2, 0.25) is 0 Å². The van der Waals surface area contributed by atoms with Gasteiger partial charge in [-0.25, -0.2) is 4.79 Å². The molecule has 3 fully saturated rings. The Kier molecular flexibility index (Phi) is 9.85. The molecule has 3 aliphatic rings. The highest BCUT2D eigenvalue weighted by Crippen LogP contribution is 2.32. The Balaban J connectivity index is 1.35. The molecule has 0 aromatic heterocycles. The van der Waals surface area contributed by atoms with E-state index in [1.165, 1.54) is 24.2 Å². The van der Waals surface area contributed by atoms with Gasteiger partial charge in [-0.05, 0) is 68.8 Å². The van der Waals surface area contributed by atoms with Crippen LogP contribution in [0, 0.1) is 5.92 Å². The van der Waals surface area contributed by atoms with Crippen LogP contribution in [0.5, 0.6) is 11.5 Å². The van der Waals surface area contributed by atoms with Gasteiger partial charge in [-0.1, -0.05) is 12.5 Å². The first-order valence-electron chi connectivity index (χ1n) is 13.8. The molecule has 210 valence electrons. The molecule has 0 saturated carbocycles. The summed E-state index contributed by atoms with van der Waals surface area (Å²) in [6.07, 6.45) is 6.37. The Morgan fingerprint density at radius 1 is 1.05 bits per heavy atom. The summed E-state index contributed by atoms with van der Waals surface area (Å²) in [6.45, 7) is 4.11. The summed E-state index contributed by atoms with van der Waals surface area (Å²) in [5, 5.41) is 2.73. The lowest BCUT2D eigenvalue weighted by Gasteiger charge is -2.45. The molecule has 3 heterocycles. The van der Waals surface area contributed by atoms with E-state index < -0.39 is 12.1 Å². The fourth-order valence-electron chi connectivity index (χ4n) is 6.10. The molecule has 4 amide bonds. The van der Waals surface area contributed by atoms with Crippen molar-refractivity contribution in [3.8, 4) is 11.5 Å². The second-order valence-electron chi connectivity index (χ2n) is 10.5. The van der Waals surface area contributed by atoms with Crippen molar-refractivity contribution < 1.29 is 28.6 Å². The number of carbonyl (C=O) groups excluding carboxylic acids is 3. The lowest BCUT2D eigenvalue weighted by atomic mass is 9.83. The van der Waals surface area contributed by atoms with E-state index in [1.54, 1.807) is 27.4 Å². The average molecular weight is 531 g/mol. The fraction of sp³-hybridized carbons (Fsp3) is 0.679. The van der Waals surface area contributed by atoms with Crippen molar-refractivity contribution in [1.29, 1.82) is 0 Å². The number of amides is 4. The van der Waals surface area contributed by atoms with Gasteiger partial charge in [-0.2, -0.15) is 0 Å². The molecule has 0 spiro atoms. The van der Waals surface area contributed by atoms with Crippen LogP contribution in [0.4, 0.5) is 4.79 Å². The number of rotatable bonds is 12. The molecule has 3 aliphatic heterocycles. The summed E-state index contributed by atoms with van der Waals surface area (Å²) >= 11 is 0. The predicted molar refractivity (Wildman–Crippen MR) is 142 cm³/mol. The summed E-state index contributed by atoms with van der Waals surface area (Å²) in [4.78, 5) is 44.8. The zero-order chi connectivity index (χ0) is 27.1. The van der Waals surface area contributed by atoms with E-state index in [0.717, 1.165) is 31.5 Å². The number of benzene rings is 1. The van der Waals surface area contributed by atoms with Crippen molar-refractivity contribution in [3.05, 3.63) is 23.8 Å². The Hall–Kier alpha value is -2.85. The molecule has 0 aliphatic carbocycles. The lowest BCUT2D eigenvalue weighted by molar-refractivity contribution is -0.137. The largest absolute Gasteiger partial charge is 0.493 e. The molecule has 3 atom stereocenters. The van der Waals surface area contributed by atoms with E-state index in [0.29, 0.717) is 49.6 Å². The van der Waals surface area contributed by atoms with Crippen molar-refractivity contribution in [2.24, 2.45) is 5.92 Å². The number of nitrogens with one attached hydrogen (secondary N) is 1. The molecule has 10 nitrogen and oxygen atoms in total. The minimum absolute atomic E-state index is 0.0394. The second kappa shape index (κ2) is 13.3. The number of carbonyl (C=O) groups is 3. The maximum Gasteiger partial charge on any atom is 0.324 e. The number of methoxy groups -OCH3 is 3. The van der Waals surface area contributed by atoms with Crippen LogP contribution in [-0.2, 0) is 20.7 Å². The van der Waals surface area contributed by atoms with E-state index in [4.69, 9.17) is 14.2 Å². The van der Waals surface area contributed by atoms with Crippen molar-refractivity contribution in [2.75, 3.05) is 60.7 Å². The van der Waals surface area contributed by atoms with Gasteiger partial charge in [0.2, 0.25) is 5.91 Å². The van der Waals surface area contributed by atoms with E-state index in [9.17, 15) is 14.4 Å². The number of ether oxygens (including phenoxy) is 3. The van der Waals surface area contributed by atoms with Crippen LogP contribution in [0.25, 0.3) is 0 Å². The van der Waals surface area contributed by atoms with Crippen molar-refractivity contribution in [3.63, 3.8) is 0 Å². The standard InChI is InChI=1S/C28H42N4O6/c1-36-16-15-31(19-21-7-6-13-30-12-5-4-8-23(21)30)26(33)18-22-27(34)32(28(35)29-22)14-11-20-9-10-24(37-2)25(17-20)38-3/h9-10,17,21-23H,4-8,11-16,18-19H2,1-3H3,(H,29,35)/t21-,22+,23+/m0/s1. The SMILES string of the molecule is COCCN(C[C@@H]1CCCN2CCCC[C@H]12)C(=O)C[C@H]1NC(=O)N(CCc2ccc(OC)c(OC)c2)C1=O. The number of urea groups is 1. The van der Waals surface area contributed by atoms with Crippen LogP contribution < -0.4 is 14.8 Å². The molecule has 4 rings (SSSR count). The van der Waals surface area contributed by atoms with E-state index in [1.807, 2.05) is 17.0 Å². The number of hydrogen-bond donors (Lipinski definition) is 1. The highest BCUT2D eigenvalue weighted by molar-refractivity contribution is 6.05. The summed E-state index contributed by atoms with van der Waals surface area (Å²) in [7, 11) is 4.77. The van der Waals surface area contributed by atoms with Gasteiger partial charge >= 0.3 is 6.03 Å². The van der Waals surface area contributed by atoms with Crippen LogP contribution >= 0.6 is 0 Å². The van der Waals surface area contributed by atoms with Crippen LogP contribution in [-0.4, -0.2) is 105 Å². The van der Waals surface area contributed by atoms with Crippen molar-refractivity contribution in [2.45, 2.75) is 57.0 Å². The highest BCUT2D eigenvalue weighted by Gasteiger charge is 2.40. The first kappa shape index (κ1) is 28.2. The third kappa shape index (κ3) is 6.58.